The third-order valence-corrected chi connectivity index (χ3v) is 4.25. The van der Waals surface area contributed by atoms with E-state index >= 15 is 0 Å². The van der Waals surface area contributed by atoms with Crippen LogP contribution in [0.25, 0.3) is 0 Å². The number of hydrogen-bond donors (Lipinski definition) is 2. The van der Waals surface area contributed by atoms with Crippen LogP contribution in [-0.4, -0.2) is 23.6 Å². The van der Waals surface area contributed by atoms with E-state index in [1.54, 1.807) is 34.4 Å². The van der Waals surface area contributed by atoms with Crippen LogP contribution in [0.15, 0.2) is 12.1 Å². The zero-order valence-corrected chi connectivity index (χ0v) is 12.8. The lowest BCUT2D eigenvalue weighted by molar-refractivity contribution is -0.117. The second-order valence-corrected chi connectivity index (χ2v) is 5.62. The van der Waals surface area contributed by atoms with Gasteiger partial charge in [0.1, 0.15) is 11.6 Å². The van der Waals surface area contributed by atoms with Crippen molar-refractivity contribution in [2.24, 2.45) is 0 Å². The number of hydrogen-bond acceptors (Lipinski definition) is 3. The lowest BCUT2D eigenvalue weighted by atomic mass is 10.2. The zero-order valence-electron chi connectivity index (χ0n) is 9.00. The van der Waals surface area contributed by atoms with E-state index in [1.165, 1.54) is 0 Å². The summed E-state index contributed by atoms with van der Waals surface area (Å²) in [6, 6.07) is 1.93. The zero-order chi connectivity index (χ0) is 12.4. The van der Waals surface area contributed by atoms with Crippen molar-refractivity contribution in [3.63, 3.8) is 0 Å². The van der Waals surface area contributed by atoms with Gasteiger partial charge in [-0.3, -0.25) is 10.1 Å². The minimum absolute atomic E-state index is 0. The van der Waals surface area contributed by atoms with Crippen LogP contribution in [0.1, 0.15) is 0 Å². The van der Waals surface area contributed by atoms with Gasteiger partial charge in [-0.15, -0.1) is 24.2 Å². The van der Waals surface area contributed by atoms with Gasteiger partial charge in [-0.1, -0.05) is 0 Å². The number of benzene rings is 1. The van der Waals surface area contributed by atoms with E-state index in [-0.39, 0.29) is 33.6 Å². The first-order valence-corrected chi connectivity index (χ1v) is 7.08. The van der Waals surface area contributed by atoms with Crippen LogP contribution in [-0.2, 0) is 4.79 Å². The number of amides is 1. The Morgan fingerprint density at radius 3 is 2.56 bits per heavy atom. The van der Waals surface area contributed by atoms with Crippen molar-refractivity contribution in [2.45, 2.75) is 6.04 Å². The molecule has 1 heterocycles. The number of thioether (sulfide) groups is 1. The summed E-state index contributed by atoms with van der Waals surface area (Å²) in [4.78, 5) is 11.7. The van der Waals surface area contributed by atoms with Gasteiger partial charge in [-0.25, -0.2) is 8.78 Å². The molecule has 0 bridgehead atoms. The molecule has 0 saturated carbocycles. The van der Waals surface area contributed by atoms with Gasteiger partial charge in [0.05, 0.1) is 9.61 Å². The summed E-state index contributed by atoms with van der Waals surface area (Å²) in [6.07, 6.45) is 0. The van der Waals surface area contributed by atoms with Crippen LogP contribution >= 0.6 is 46.8 Å². The van der Waals surface area contributed by atoms with Crippen molar-refractivity contribution < 1.29 is 13.6 Å². The molecule has 0 radical (unpaired) electrons. The van der Waals surface area contributed by atoms with Crippen molar-refractivity contribution >= 4 is 58.4 Å². The molecule has 100 valence electrons. The highest BCUT2D eigenvalue weighted by Crippen LogP contribution is 2.21. The van der Waals surface area contributed by atoms with Crippen LogP contribution in [0, 0.1) is 15.2 Å². The summed E-state index contributed by atoms with van der Waals surface area (Å²) >= 11 is 3.19. The van der Waals surface area contributed by atoms with Crippen LogP contribution in [0.4, 0.5) is 14.5 Å². The van der Waals surface area contributed by atoms with Gasteiger partial charge in [0.15, 0.2) is 0 Å². The van der Waals surface area contributed by atoms with Crippen LogP contribution in [0.2, 0.25) is 0 Å². The van der Waals surface area contributed by atoms with Gasteiger partial charge in [-0.05, 0) is 34.7 Å². The highest BCUT2D eigenvalue weighted by molar-refractivity contribution is 14.1. The average molecular weight is 407 g/mol. The number of nitrogens with one attached hydrogen (secondary N) is 2. The monoisotopic (exact) mass is 406 g/mol. The van der Waals surface area contributed by atoms with E-state index in [2.05, 4.69) is 10.6 Å². The molecule has 1 unspecified atom stereocenters. The molecule has 8 heteroatoms. The summed E-state index contributed by atoms with van der Waals surface area (Å²) < 4.78 is 26.4. The molecule has 0 spiro atoms. The van der Waals surface area contributed by atoms with Gasteiger partial charge in [0.2, 0.25) is 5.91 Å². The summed E-state index contributed by atoms with van der Waals surface area (Å²) in [6.45, 7) is 0. The molecular formula is C10H10ClF2IN2OS. The molecule has 18 heavy (non-hydrogen) atoms. The van der Waals surface area contributed by atoms with E-state index in [9.17, 15) is 13.6 Å². The van der Waals surface area contributed by atoms with E-state index < -0.39 is 11.6 Å². The molecule has 3 nitrogen and oxygen atoms in total. The van der Waals surface area contributed by atoms with Crippen LogP contribution < -0.4 is 10.6 Å². The minimum atomic E-state index is -0.672. The van der Waals surface area contributed by atoms with Crippen molar-refractivity contribution in [3.8, 4) is 0 Å². The Morgan fingerprint density at radius 1 is 1.44 bits per heavy atom. The van der Waals surface area contributed by atoms with Crippen molar-refractivity contribution in [2.75, 3.05) is 16.9 Å². The normalized spacial score (nSPS) is 18.3. The lowest BCUT2D eigenvalue weighted by Gasteiger charge is -2.11. The summed E-state index contributed by atoms with van der Waals surface area (Å²) in [5.74, 6) is -0.228. The first kappa shape index (κ1) is 15.9. The predicted octanol–water partition coefficient (Wildman–Crippen LogP) is 2.59. The number of carbonyl (C=O) groups is 1. The Bertz CT molecular complexity index is 434. The average Bonchev–Trinajstić information content (AvgIpc) is 2.79. The molecule has 0 aliphatic carbocycles. The van der Waals surface area contributed by atoms with Gasteiger partial charge in [-0.2, -0.15) is 0 Å². The SMILES string of the molecule is Cl.O=C(Nc1cc(F)c(I)c(F)c1)C1CSCN1. The van der Waals surface area contributed by atoms with E-state index in [0.717, 1.165) is 12.1 Å². The Balaban J connectivity index is 0.00000162. The van der Waals surface area contributed by atoms with Gasteiger partial charge in [0, 0.05) is 17.3 Å². The summed E-state index contributed by atoms with van der Waals surface area (Å²) in [5, 5.41) is 5.47. The maximum Gasteiger partial charge on any atom is 0.242 e. The molecule has 2 rings (SSSR count). The minimum Gasteiger partial charge on any atom is -0.324 e. The Labute approximate surface area is 127 Å². The predicted molar refractivity (Wildman–Crippen MR) is 79.2 cm³/mol. The quantitative estimate of drug-likeness (QED) is 0.586. The Hall–Kier alpha value is -0.120. The maximum atomic E-state index is 13.2. The van der Waals surface area contributed by atoms with Crippen LogP contribution in [0.5, 0.6) is 0 Å². The third kappa shape index (κ3) is 3.69. The Kier molecular flexibility index (Phi) is 6.09. The van der Waals surface area contributed by atoms with Gasteiger partial charge < -0.3 is 5.32 Å². The van der Waals surface area contributed by atoms with Gasteiger partial charge in [0.25, 0.3) is 0 Å². The van der Waals surface area contributed by atoms with Crippen molar-refractivity contribution in [3.05, 3.63) is 27.3 Å². The standard InChI is InChI=1S/C10H9F2IN2OS.ClH/c11-6-1-5(2-7(12)9(6)13)15-10(16)8-3-17-4-14-8;/h1-2,8,14H,3-4H2,(H,15,16);1H. The molecule has 0 aromatic heterocycles. The molecule has 1 amide bonds. The number of anilines is 1. The molecule has 2 N–H and O–H groups in total. The fourth-order valence-corrected chi connectivity index (χ4v) is 2.67. The van der Waals surface area contributed by atoms with E-state index in [1.807, 2.05) is 0 Å². The molecule has 1 fully saturated rings. The molecule has 1 aliphatic heterocycles. The van der Waals surface area contributed by atoms with Crippen molar-refractivity contribution in [1.82, 2.24) is 5.32 Å². The number of carbonyl (C=O) groups excluding carboxylic acids is 1. The second kappa shape index (κ2) is 6.88. The smallest absolute Gasteiger partial charge is 0.242 e. The summed E-state index contributed by atoms with van der Waals surface area (Å²) in [7, 11) is 0. The molecular weight excluding hydrogens is 397 g/mol. The maximum absolute atomic E-state index is 13.2. The molecule has 1 aliphatic rings. The fraction of sp³-hybridized carbons (Fsp3) is 0.300. The molecule has 1 atom stereocenters. The van der Waals surface area contributed by atoms with Gasteiger partial charge >= 0.3 is 0 Å². The second-order valence-electron chi connectivity index (χ2n) is 3.51. The first-order chi connectivity index (χ1) is 8.08. The highest BCUT2D eigenvalue weighted by Gasteiger charge is 2.22. The van der Waals surface area contributed by atoms with E-state index in [0.29, 0.717) is 11.6 Å². The molecule has 1 aromatic carbocycles. The third-order valence-electron chi connectivity index (χ3n) is 2.28. The fourth-order valence-electron chi connectivity index (χ4n) is 1.42. The largest absolute Gasteiger partial charge is 0.324 e. The van der Waals surface area contributed by atoms with Crippen molar-refractivity contribution in [1.29, 1.82) is 0 Å². The summed E-state index contributed by atoms with van der Waals surface area (Å²) in [5.41, 5.74) is 0.143. The molecule has 1 saturated heterocycles. The number of halogens is 4. The van der Waals surface area contributed by atoms with E-state index in [4.69, 9.17) is 0 Å². The topological polar surface area (TPSA) is 41.1 Å². The lowest BCUT2D eigenvalue weighted by Crippen LogP contribution is -2.37. The number of rotatable bonds is 2. The Morgan fingerprint density at radius 2 is 2.06 bits per heavy atom. The molecule has 1 aromatic rings. The van der Waals surface area contributed by atoms with Crippen LogP contribution in [0.3, 0.4) is 0 Å². The highest BCUT2D eigenvalue weighted by atomic mass is 127. The first-order valence-electron chi connectivity index (χ1n) is 4.84.